The van der Waals surface area contributed by atoms with E-state index >= 15 is 0 Å². The number of fused-ring (bicyclic) bond motifs is 1. The number of halogens is 2. The maximum absolute atomic E-state index is 13.5. The summed E-state index contributed by atoms with van der Waals surface area (Å²) in [6.45, 7) is 11.6. The molecule has 3 aromatic rings. The van der Waals surface area contributed by atoms with Gasteiger partial charge in [-0.1, -0.05) is 38.7 Å². The Bertz CT molecular complexity index is 1550. The van der Waals surface area contributed by atoms with Gasteiger partial charge in [-0.2, -0.15) is 8.78 Å². The molecule has 45 heavy (non-hydrogen) atoms. The van der Waals surface area contributed by atoms with Crippen LogP contribution in [0, 0.1) is 17.3 Å². The fourth-order valence-corrected chi connectivity index (χ4v) is 5.52. The molecule has 2 aromatic carbocycles. The molecule has 1 aliphatic rings. The van der Waals surface area contributed by atoms with Gasteiger partial charge in [0.1, 0.15) is 17.1 Å². The Labute approximate surface area is 265 Å². The van der Waals surface area contributed by atoms with E-state index in [-0.39, 0.29) is 29.1 Å². The Morgan fingerprint density at radius 2 is 1.91 bits per heavy atom. The molecule has 0 saturated carbocycles. The molecule has 10 heteroatoms. The average Bonchev–Trinajstić information content (AvgIpc) is 3.33. The second kappa shape index (κ2) is 14.9. The molecule has 1 saturated heterocycles. The largest absolute Gasteiger partial charge is 0.444 e. The van der Waals surface area contributed by atoms with E-state index in [9.17, 15) is 18.4 Å². The number of carbonyl (C=O) groups is 2. The third-order valence-electron chi connectivity index (χ3n) is 7.44. The van der Waals surface area contributed by atoms with Crippen LogP contribution in [0.15, 0.2) is 36.4 Å². The van der Waals surface area contributed by atoms with Gasteiger partial charge in [-0.15, -0.1) is 0 Å². The number of carbonyl (C=O) groups excluding carboxylic acids is 2. The van der Waals surface area contributed by atoms with Crippen LogP contribution in [-0.2, 0) is 4.74 Å². The number of aromatic nitrogens is 2. The van der Waals surface area contributed by atoms with E-state index in [1.54, 1.807) is 15.5 Å². The van der Waals surface area contributed by atoms with Crippen molar-refractivity contribution in [3.63, 3.8) is 0 Å². The molecule has 1 aromatic heterocycles. The Hall–Kier alpha value is -3.97. The predicted octanol–water partition coefficient (Wildman–Crippen LogP) is 7.87. The fourth-order valence-electron chi connectivity index (χ4n) is 5.52. The van der Waals surface area contributed by atoms with Gasteiger partial charge in [0.25, 0.3) is 0 Å². The third kappa shape index (κ3) is 8.60. The fraction of sp³-hybridized carbons (Fsp3) is 0.514. The van der Waals surface area contributed by atoms with E-state index in [0.29, 0.717) is 48.2 Å². The van der Waals surface area contributed by atoms with E-state index < -0.39 is 17.6 Å². The van der Waals surface area contributed by atoms with Crippen molar-refractivity contribution in [2.75, 3.05) is 27.2 Å². The first kappa shape index (κ1) is 35.5. The van der Waals surface area contributed by atoms with Crippen molar-refractivity contribution < 1.29 is 27.8 Å². The molecule has 8 nitrogen and oxygen atoms in total. The molecule has 0 spiro atoms. The number of hydrogen-bond acceptors (Lipinski definition) is 6. The second-order valence-electron chi connectivity index (χ2n) is 12.4. The molecule has 0 bridgehead atoms. The summed E-state index contributed by atoms with van der Waals surface area (Å²) in [6.07, 6.45) is 2.59. The minimum absolute atomic E-state index is 0.123. The van der Waals surface area contributed by atoms with Crippen LogP contribution >= 0.6 is 0 Å². The number of likely N-dealkylation sites (tertiary alicyclic amines) is 1. The molecular weight excluding hydrogens is 578 g/mol. The summed E-state index contributed by atoms with van der Waals surface area (Å²) in [5.74, 6) is 7.14. The number of para-hydroxylation sites is 1. The molecule has 244 valence electrons. The summed E-state index contributed by atoms with van der Waals surface area (Å²) in [4.78, 5) is 33.5. The van der Waals surface area contributed by atoms with Gasteiger partial charge < -0.3 is 14.4 Å². The first-order valence-electron chi connectivity index (χ1n) is 15.5. The molecule has 2 heterocycles. The molecule has 4 rings (SSSR count). The topological polar surface area (TPSA) is 76.9 Å². The highest BCUT2D eigenvalue weighted by molar-refractivity contribution is 5.88. The van der Waals surface area contributed by atoms with Crippen LogP contribution in [0.1, 0.15) is 95.5 Å². The summed E-state index contributed by atoms with van der Waals surface area (Å²) in [5.41, 5.74) is 1.29. The monoisotopic (exact) mass is 624 g/mol. The van der Waals surface area contributed by atoms with Crippen LogP contribution < -0.4 is 4.74 Å². The average molecular weight is 625 g/mol. The smallest absolute Gasteiger partial charge is 0.410 e. The van der Waals surface area contributed by atoms with Gasteiger partial charge in [0.2, 0.25) is 0 Å². The normalized spacial score (nSPS) is 17.3. The zero-order valence-corrected chi connectivity index (χ0v) is 27.9. The van der Waals surface area contributed by atoms with Crippen molar-refractivity contribution >= 4 is 23.4 Å². The highest BCUT2D eigenvalue weighted by atomic mass is 19.3. The Kier molecular flexibility index (Phi) is 11.7. The van der Waals surface area contributed by atoms with Gasteiger partial charge in [0, 0.05) is 29.6 Å². The van der Waals surface area contributed by atoms with Gasteiger partial charge in [-0.05, 0) is 91.4 Å². The highest BCUT2D eigenvalue weighted by Gasteiger charge is 2.34. The zero-order chi connectivity index (χ0) is 33.5. The maximum atomic E-state index is 13.5. The maximum Gasteiger partial charge on any atom is 0.410 e. The molecule has 2 atom stereocenters. The molecule has 2 unspecified atom stereocenters. The van der Waals surface area contributed by atoms with Crippen LogP contribution in [0.4, 0.5) is 13.6 Å². The minimum atomic E-state index is -3.08. The number of hydrogen-bond donors (Lipinski definition) is 0. The number of imidazole rings is 1. The van der Waals surface area contributed by atoms with Gasteiger partial charge >= 0.3 is 12.7 Å². The van der Waals surface area contributed by atoms with Crippen molar-refractivity contribution in [2.24, 2.45) is 5.41 Å². The van der Waals surface area contributed by atoms with E-state index in [0.717, 1.165) is 12.8 Å². The number of rotatable bonds is 7. The summed E-state index contributed by atoms with van der Waals surface area (Å²) in [7, 11) is 3.84. The first-order chi connectivity index (χ1) is 21.2. The standard InChI is InChI=1S/C33H40F2N4O4.C2H6/c1-8-25(37(6)7)29-36-24-14-13-22(15-17-33(5)16-10-18-38(21-33)31(41)43-32(2,3)4)19-26(24)39(29)28-23(20-40)11-9-12-27(28)42-30(34)35;1-2/h9,11-14,19-20,25,30H,8,10,16,18,21H2,1-7H3;1-2H3. The highest BCUT2D eigenvalue weighted by Crippen LogP contribution is 2.36. The Morgan fingerprint density at radius 1 is 1.20 bits per heavy atom. The van der Waals surface area contributed by atoms with Gasteiger partial charge in [-0.3, -0.25) is 14.3 Å². The molecule has 1 amide bonds. The van der Waals surface area contributed by atoms with Crippen molar-refractivity contribution in [1.82, 2.24) is 19.4 Å². The molecule has 1 aliphatic heterocycles. The van der Waals surface area contributed by atoms with E-state index in [4.69, 9.17) is 14.5 Å². The third-order valence-corrected chi connectivity index (χ3v) is 7.44. The van der Waals surface area contributed by atoms with Gasteiger partial charge in [-0.25, -0.2) is 9.78 Å². The summed E-state index contributed by atoms with van der Waals surface area (Å²) in [6, 6.07) is 9.88. The van der Waals surface area contributed by atoms with Crippen molar-refractivity contribution in [3.8, 4) is 23.3 Å². The van der Waals surface area contributed by atoms with Crippen molar-refractivity contribution in [2.45, 2.75) is 86.0 Å². The molecule has 0 radical (unpaired) electrons. The lowest BCUT2D eigenvalue weighted by atomic mass is 9.82. The quantitative estimate of drug-likeness (QED) is 0.197. The minimum Gasteiger partial charge on any atom is -0.444 e. The molecular formula is C35H46F2N4O4. The molecule has 0 N–H and O–H groups in total. The predicted molar refractivity (Wildman–Crippen MR) is 173 cm³/mol. The Balaban J connectivity index is 0.00000271. The lowest BCUT2D eigenvalue weighted by Gasteiger charge is -2.37. The first-order valence-corrected chi connectivity index (χ1v) is 15.5. The second-order valence-corrected chi connectivity index (χ2v) is 12.4. The summed E-state index contributed by atoms with van der Waals surface area (Å²) in [5, 5.41) is 0. The van der Waals surface area contributed by atoms with Crippen molar-refractivity contribution in [1.29, 1.82) is 0 Å². The van der Waals surface area contributed by atoms with E-state index in [1.165, 1.54) is 12.1 Å². The van der Waals surface area contributed by atoms with E-state index in [2.05, 4.69) is 11.8 Å². The Morgan fingerprint density at radius 3 is 2.51 bits per heavy atom. The molecule has 0 aliphatic carbocycles. The van der Waals surface area contributed by atoms with Crippen LogP contribution in [0.2, 0.25) is 0 Å². The number of aldehydes is 1. The zero-order valence-electron chi connectivity index (χ0n) is 27.9. The van der Waals surface area contributed by atoms with Crippen LogP contribution in [0.25, 0.3) is 16.7 Å². The number of ether oxygens (including phenoxy) is 2. The van der Waals surface area contributed by atoms with Crippen LogP contribution in [0.3, 0.4) is 0 Å². The SMILES string of the molecule is CC.CCC(c1nc2ccc(C#CC3(C)CCCN(C(=O)OC(C)(C)C)C3)cc2n1-c1c(C=O)cccc1OC(F)F)N(C)C. The number of amides is 1. The lowest BCUT2D eigenvalue weighted by molar-refractivity contribution is -0.0499. The summed E-state index contributed by atoms with van der Waals surface area (Å²) < 4.78 is 39.2. The van der Waals surface area contributed by atoms with Gasteiger partial charge in [0.15, 0.2) is 12.0 Å². The van der Waals surface area contributed by atoms with Crippen LogP contribution in [0.5, 0.6) is 5.75 Å². The number of benzene rings is 2. The lowest BCUT2D eigenvalue weighted by Crippen LogP contribution is -2.46. The van der Waals surface area contributed by atoms with E-state index in [1.807, 2.05) is 85.7 Å². The van der Waals surface area contributed by atoms with Gasteiger partial charge in [0.05, 0.1) is 17.1 Å². The van der Waals surface area contributed by atoms with Crippen molar-refractivity contribution in [3.05, 3.63) is 53.3 Å². The van der Waals surface area contributed by atoms with Crippen LogP contribution in [-0.4, -0.2) is 71.1 Å². The summed E-state index contributed by atoms with van der Waals surface area (Å²) >= 11 is 0. The number of piperidine rings is 1. The number of alkyl halides is 2. The molecule has 1 fully saturated rings. The number of nitrogens with zero attached hydrogens (tertiary/aromatic N) is 4.